The van der Waals surface area contributed by atoms with Crippen LogP contribution in [0.25, 0.3) is 0 Å². The van der Waals surface area contributed by atoms with Crippen LogP contribution in [-0.2, 0) is 10.0 Å². The summed E-state index contributed by atoms with van der Waals surface area (Å²) in [5, 5.41) is 9.05. The third kappa shape index (κ3) is 3.26. The van der Waals surface area contributed by atoms with Gasteiger partial charge in [-0.2, -0.15) is 4.31 Å². The number of hydrogen-bond donors (Lipinski definition) is 1. The lowest BCUT2D eigenvalue weighted by Crippen LogP contribution is -2.29. The summed E-state index contributed by atoms with van der Waals surface area (Å²) in [7, 11) is -2.28. The van der Waals surface area contributed by atoms with Gasteiger partial charge >= 0.3 is 5.97 Å². The number of carboxylic acids is 1. The van der Waals surface area contributed by atoms with Gasteiger partial charge in [-0.25, -0.2) is 13.2 Å². The van der Waals surface area contributed by atoms with Gasteiger partial charge in [-0.1, -0.05) is 12.2 Å². The molecule has 0 fully saturated rings. The molecule has 5 nitrogen and oxygen atoms in total. The van der Waals surface area contributed by atoms with Gasteiger partial charge in [-0.3, -0.25) is 0 Å². The van der Waals surface area contributed by atoms with E-state index in [2.05, 4.69) is 6.58 Å². The van der Waals surface area contributed by atoms with Crippen LogP contribution in [0.1, 0.15) is 28.4 Å². The number of rotatable bonds is 5. The van der Waals surface area contributed by atoms with E-state index in [-0.39, 0.29) is 17.0 Å². The van der Waals surface area contributed by atoms with Gasteiger partial charge in [-0.15, -0.1) is 0 Å². The van der Waals surface area contributed by atoms with Crippen molar-refractivity contribution in [1.29, 1.82) is 0 Å². The third-order valence-electron chi connectivity index (χ3n) is 3.05. The molecule has 0 unspecified atom stereocenters. The van der Waals surface area contributed by atoms with Crippen LogP contribution in [0.15, 0.2) is 29.2 Å². The summed E-state index contributed by atoms with van der Waals surface area (Å²) in [5.74, 6) is -1.15. The molecule has 6 heteroatoms. The number of carbonyl (C=O) groups is 1. The zero-order valence-electron chi connectivity index (χ0n) is 12.1. The average Bonchev–Trinajstić information content (AvgIpc) is 2.30. The van der Waals surface area contributed by atoms with Crippen molar-refractivity contribution in [2.24, 2.45) is 0 Å². The van der Waals surface area contributed by atoms with E-state index in [0.717, 1.165) is 0 Å². The predicted molar refractivity (Wildman–Crippen MR) is 77.5 cm³/mol. The van der Waals surface area contributed by atoms with E-state index in [1.165, 1.54) is 23.5 Å². The Morgan fingerprint density at radius 1 is 1.35 bits per heavy atom. The number of benzene rings is 1. The standard InChI is InChI=1S/C14H19NO4S/c1-9(2)8-15(5)20(18,19)13-7-12(14(16)17)6-10(3)11(13)4/h6-7H,1,8H2,2-5H3,(H,16,17). The maximum Gasteiger partial charge on any atom is 0.335 e. The quantitative estimate of drug-likeness (QED) is 0.845. The molecule has 0 amide bonds. The number of carboxylic acid groups (broad SMARTS) is 1. The highest BCUT2D eigenvalue weighted by Gasteiger charge is 2.25. The summed E-state index contributed by atoms with van der Waals surface area (Å²) < 4.78 is 26.2. The number of aryl methyl sites for hydroxylation is 1. The Balaban J connectivity index is 3.45. The molecule has 0 aliphatic carbocycles. The van der Waals surface area contributed by atoms with Crippen molar-refractivity contribution >= 4 is 16.0 Å². The van der Waals surface area contributed by atoms with Gasteiger partial charge in [0.1, 0.15) is 0 Å². The normalized spacial score (nSPS) is 11.7. The van der Waals surface area contributed by atoms with Crippen molar-refractivity contribution in [2.75, 3.05) is 13.6 Å². The summed E-state index contributed by atoms with van der Waals surface area (Å²) in [6.07, 6.45) is 0. The summed E-state index contributed by atoms with van der Waals surface area (Å²) in [6.45, 7) is 8.98. The Labute approximate surface area is 119 Å². The van der Waals surface area contributed by atoms with Gasteiger partial charge in [0.25, 0.3) is 0 Å². The van der Waals surface area contributed by atoms with Crippen LogP contribution in [0.2, 0.25) is 0 Å². The van der Waals surface area contributed by atoms with E-state index in [1.54, 1.807) is 20.8 Å². The molecule has 1 rings (SSSR count). The van der Waals surface area contributed by atoms with Gasteiger partial charge in [0, 0.05) is 13.6 Å². The second kappa shape index (κ2) is 5.76. The fraction of sp³-hybridized carbons (Fsp3) is 0.357. The third-order valence-corrected chi connectivity index (χ3v) is 4.98. The van der Waals surface area contributed by atoms with Crippen LogP contribution in [-0.4, -0.2) is 37.4 Å². The van der Waals surface area contributed by atoms with Crippen molar-refractivity contribution in [3.05, 3.63) is 41.0 Å². The minimum atomic E-state index is -3.73. The Morgan fingerprint density at radius 3 is 2.35 bits per heavy atom. The first kappa shape index (κ1) is 16.4. The number of hydrogen-bond acceptors (Lipinski definition) is 3. The van der Waals surface area contributed by atoms with Crippen molar-refractivity contribution in [3.8, 4) is 0 Å². The highest BCUT2D eigenvalue weighted by molar-refractivity contribution is 7.89. The monoisotopic (exact) mass is 297 g/mol. The Kier molecular flexibility index (Phi) is 4.73. The number of likely N-dealkylation sites (N-methyl/N-ethyl adjacent to an activating group) is 1. The molecule has 0 saturated carbocycles. The highest BCUT2D eigenvalue weighted by Crippen LogP contribution is 2.24. The fourth-order valence-electron chi connectivity index (χ4n) is 1.85. The fourth-order valence-corrected chi connectivity index (χ4v) is 3.40. The highest BCUT2D eigenvalue weighted by atomic mass is 32.2. The SMILES string of the molecule is C=C(C)CN(C)S(=O)(=O)c1cc(C(=O)O)cc(C)c1C. The molecule has 0 aliphatic heterocycles. The maximum atomic E-state index is 12.5. The van der Waals surface area contributed by atoms with Crippen molar-refractivity contribution in [2.45, 2.75) is 25.7 Å². The van der Waals surface area contributed by atoms with E-state index in [9.17, 15) is 13.2 Å². The van der Waals surface area contributed by atoms with E-state index < -0.39 is 16.0 Å². The Morgan fingerprint density at radius 2 is 1.90 bits per heavy atom. The molecule has 1 aromatic rings. The lowest BCUT2D eigenvalue weighted by molar-refractivity contribution is 0.0696. The van der Waals surface area contributed by atoms with Gasteiger partial charge in [0.15, 0.2) is 0 Å². The lowest BCUT2D eigenvalue weighted by atomic mass is 10.1. The average molecular weight is 297 g/mol. The molecule has 0 atom stereocenters. The molecule has 1 aromatic carbocycles. The molecule has 0 heterocycles. The second-order valence-electron chi connectivity index (χ2n) is 4.94. The smallest absolute Gasteiger partial charge is 0.335 e. The topological polar surface area (TPSA) is 74.7 Å². The number of sulfonamides is 1. The van der Waals surface area contributed by atoms with Crippen LogP contribution in [0.5, 0.6) is 0 Å². The Bertz CT molecular complexity index is 662. The molecule has 0 spiro atoms. The molecule has 0 saturated heterocycles. The van der Waals surface area contributed by atoms with Crippen LogP contribution in [0.3, 0.4) is 0 Å². The van der Waals surface area contributed by atoms with E-state index in [4.69, 9.17) is 5.11 Å². The predicted octanol–water partition coefficient (Wildman–Crippen LogP) is 2.20. The second-order valence-corrected chi connectivity index (χ2v) is 6.95. The van der Waals surface area contributed by atoms with Crippen molar-refractivity contribution in [1.82, 2.24) is 4.31 Å². The number of nitrogens with zero attached hydrogens (tertiary/aromatic N) is 1. The van der Waals surface area contributed by atoms with Crippen LogP contribution in [0.4, 0.5) is 0 Å². The first-order valence-electron chi connectivity index (χ1n) is 6.02. The van der Waals surface area contributed by atoms with E-state index >= 15 is 0 Å². The molecule has 0 aliphatic rings. The molecular weight excluding hydrogens is 278 g/mol. The molecule has 0 bridgehead atoms. The summed E-state index contributed by atoms with van der Waals surface area (Å²) in [6, 6.07) is 2.67. The first-order valence-corrected chi connectivity index (χ1v) is 7.46. The molecule has 0 radical (unpaired) electrons. The summed E-state index contributed by atoms with van der Waals surface area (Å²) in [4.78, 5) is 11.1. The minimum Gasteiger partial charge on any atom is -0.478 e. The summed E-state index contributed by atoms with van der Waals surface area (Å²) >= 11 is 0. The summed E-state index contributed by atoms with van der Waals surface area (Å²) in [5.41, 5.74) is 1.87. The minimum absolute atomic E-state index is 0.0265. The van der Waals surface area contributed by atoms with Gasteiger partial charge < -0.3 is 5.11 Å². The maximum absolute atomic E-state index is 12.5. The first-order chi connectivity index (χ1) is 9.07. The Hall–Kier alpha value is -1.66. The van der Waals surface area contributed by atoms with Crippen molar-refractivity contribution in [3.63, 3.8) is 0 Å². The molecule has 0 aromatic heterocycles. The molecule has 20 heavy (non-hydrogen) atoms. The van der Waals surface area contributed by atoms with Crippen LogP contribution in [0, 0.1) is 13.8 Å². The zero-order valence-corrected chi connectivity index (χ0v) is 12.9. The van der Waals surface area contributed by atoms with Crippen molar-refractivity contribution < 1.29 is 18.3 Å². The number of aromatic carboxylic acids is 1. The van der Waals surface area contributed by atoms with Crippen LogP contribution >= 0.6 is 0 Å². The molecule has 1 N–H and O–H groups in total. The lowest BCUT2D eigenvalue weighted by Gasteiger charge is -2.19. The van der Waals surface area contributed by atoms with E-state index in [1.807, 2.05) is 0 Å². The van der Waals surface area contributed by atoms with E-state index in [0.29, 0.717) is 16.7 Å². The van der Waals surface area contributed by atoms with Gasteiger partial charge in [0.05, 0.1) is 10.5 Å². The molecular formula is C14H19NO4S. The van der Waals surface area contributed by atoms with Gasteiger partial charge in [-0.05, 0) is 44.0 Å². The largest absolute Gasteiger partial charge is 0.478 e. The molecule has 110 valence electrons. The zero-order chi connectivity index (χ0) is 15.7. The van der Waals surface area contributed by atoms with Crippen LogP contribution < -0.4 is 0 Å². The van der Waals surface area contributed by atoms with Gasteiger partial charge in [0.2, 0.25) is 10.0 Å².